The third-order valence-corrected chi connectivity index (χ3v) is 5.34. The van der Waals surface area contributed by atoms with Gasteiger partial charge in [0.25, 0.3) is 0 Å². The summed E-state index contributed by atoms with van der Waals surface area (Å²) in [6.07, 6.45) is 7.39. The summed E-state index contributed by atoms with van der Waals surface area (Å²) in [4.78, 5) is 9.42. The van der Waals surface area contributed by atoms with Crippen LogP contribution in [0.1, 0.15) is 11.4 Å². The molecule has 0 atom stereocenters. The molecule has 224 valence electrons. The van der Waals surface area contributed by atoms with Gasteiger partial charge in [-0.2, -0.15) is 36.5 Å². The second-order valence-corrected chi connectivity index (χ2v) is 9.98. The Morgan fingerprint density at radius 2 is 0.951 bits per heavy atom. The SMILES string of the molecule is O=S(=O)([O-])C(F)(F)F.O=S(=O)([O-])C(F)(F)F.[Fe+2].c1cc(Cn2cccn2)nc(-c2cccc(Cn3cccn3)n2)c1. The fourth-order valence-electron chi connectivity index (χ4n) is 2.54. The molecule has 0 fully saturated rings. The van der Waals surface area contributed by atoms with Gasteiger partial charge in [0, 0.05) is 24.8 Å². The van der Waals surface area contributed by atoms with E-state index in [1.54, 1.807) is 12.4 Å². The van der Waals surface area contributed by atoms with E-state index < -0.39 is 31.3 Å². The van der Waals surface area contributed by atoms with Crippen molar-refractivity contribution in [1.29, 1.82) is 0 Å². The maximum Gasteiger partial charge on any atom is 2.00 e. The van der Waals surface area contributed by atoms with E-state index in [9.17, 15) is 26.3 Å². The third kappa shape index (κ3) is 12.0. The van der Waals surface area contributed by atoms with Crippen molar-refractivity contribution in [2.24, 2.45) is 0 Å². The van der Waals surface area contributed by atoms with Crippen molar-refractivity contribution in [3.05, 3.63) is 84.7 Å². The molecule has 0 radical (unpaired) electrons. The molecule has 4 rings (SSSR count). The fourth-order valence-corrected chi connectivity index (χ4v) is 2.54. The molecule has 4 heterocycles. The molecule has 0 bridgehead atoms. The van der Waals surface area contributed by atoms with Crippen LogP contribution in [0.3, 0.4) is 0 Å². The monoisotopic (exact) mass is 670 g/mol. The molecule has 0 aliphatic carbocycles. The Hall–Kier alpha value is -3.36. The van der Waals surface area contributed by atoms with Crippen molar-refractivity contribution >= 4 is 20.2 Å². The van der Waals surface area contributed by atoms with E-state index in [0.29, 0.717) is 13.1 Å². The Kier molecular flexibility index (Phi) is 12.6. The maximum absolute atomic E-state index is 10.7. The second-order valence-electron chi connectivity index (χ2n) is 7.24. The molecule has 0 saturated carbocycles. The molecule has 0 spiro atoms. The molecule has 4 aromatic heterocycles. The summed E-state index contributed by atoms with van der Waals surface area (Å²) in [5, 5.41) is 8.44. The van der Waals surface area contributed by atoms with Crippen LogP contribution in [0, 0.1) is 0 Å². The summed E-state index contributed by atoms with van der Waals surface area (Å²) in [7, 11) is -12.2. The minimum Gasteiger partial charge on any atom is -0.741 e. The van der Waals surface area contributed by atoms with Crippen LogP contribution in [0.2, 0.25) is 0 Å². The first-order chi connectivity index (χ1) is 18.4. The molecule has 0 aliphatic rings. The van der Waals surface area contributed by atoms with Crippen molar-refractivity contribution < 1.29 is 69.4 Å². The van der Waals surface area contributed by atoms with E-state index in [4.69, 9.17) is 35.9 Å². The number of aromatic nitrogens is 6. The molecular weight excluding hydrogens is 654 g/mol. The van der Waals surface area contributed by atoms with Crippen molar-refractivity contribution in [3.8, 4) is 11.4 Å². The van der Waals surface area contributed by atoms with Crippen LogP contribution in [-0.4, -0.2) is 66.5 Å². The van der Waals surface area contributed by atoms with E-state index in [1.165, 1.54) is 0 Å². The Balaban J connectivity index is 0.000000413. The normalized spacial score (nSPS) is 11.8. The molecule has 0 amide bonds. The number of hydrogen-bond acceptors (Lipinski definition) is 10. The summed E-state index contributed by atoms with van der Waals surface area (Å²) >= 11 is 0. The molecule has 0 unspecified atom stereocenters. The minimum absolute atomic E-state index is 0. The Morgan fingerprint density at radius 1 is 0.634 bits per heavy atom. The molecule has 41 heavy (non-hydrogen) atoms. The quantitative estimate of drug-likeness (QED) is 0.133. The number of nitrogens with zero attached hydrogens (tertiary/aromatic N) is 6. The number of hydrogen-bond donors (Lipinski definition) is 0. The van der Waals surface area contributed by atoms with Crippen molar-refractivity contribution in [1.82, 2.24) is 29.5 Å². The summed E-state index contributed by atoms with van der Waals surface area (Å²) in [6.45, 7) is 1.29. The average molecular weight is 670 g/mol. The number of alkyl halides is 6. The molecule has 0 aromatic carbocycles. The van der Waals surface area contributed by atoms with Crippen LogP contribution in [0.4, 0.5) is 26.3 Å². The summed E-state index contributed by atoms with van der Waals surface area (Å²) in [6, 6.07) is 15.8. The first-order valence-electron chi connectivity index (χ1n) is 10.3. The maximum atomic E-state index is 10.7. The zero-order valence-electron chi connectivity index (χ0n) is 19.9. The van der Waals surface area contributed by atoms with Gasteiger partial charge in [-0.3, -0.25) is 9.36 Å². The van der Waals surface area contributed by atoms with Gasteiger partial charge in [0.1, 0.15) is 0 Å². The minimum atomic E-state index is -6.09. The van der Waals surface area contributed by atoms with E-state index in [-0.39, 0.29) is 17.1 Å². The van der Waals surface area contributed by atoms with Crippen molar-refractivity contribution in [2.45, 2.75) is 24.1 Å². The predicted octanol–water partition coefficient (Wildman–Crippen LogP) is 2.73. The first-order valence-corrected chi connectivity index (χ1v) is 13.1. The standard InChI is InChI=1S/C18H16N6.2CHF3O3S.Fe/c1-5-15(13-23-11-3-9-19-23)21-17(7-1)18-8-2-6-16(22-18)14-24-12-4-10-20-24;2*2-1(3,4)8(5,6)7;/h1-12H,13-14H2;2*(H,5,6,7);/q;;;+2/p-2. The zero-order valence-corrected chi connectivity index (χ0v) is 22.7. The van der Waals surface area contributed by atoms with E-state index in [0.717, 1.165) is 22.8 Å². The van der Waals surface area contributed by atoms with Gasteiger partial charge >= 0.3 is 28.1 Å². The Morgan fingerprint density at radius 3 is 1.20 bits per heavy atom. The molecule has 12 nitrogen and oxygen atoms in total. The van der Waals surface area contributed by atoms with E-state index in [1.807, 2.05) is 70.3 Å². The first kappa shape index (κ1) is 35.7. The summed E-state index contributed by atoms with van der Waals surface area (Å²) in [5.74, 6) is 0. The average Bonchev–Trinajstić information content (AvgIpc) is 3.52. The van der Waals surface area contributed by atoms with Crippen molar-refractivity contribution in [2.75, 3.05) is 0 Å². The van der Waals surface area contributed by atoms with Gasteiger partial charge in [-0.25, -0.2) is 26.8 Å². The van der Waals surface area contributed by atoms with Crippen LogP contribution < -0.4 is 0 Å². The van der Waals surface area contributed by atoms with Gasteiger partial charge in [-0.05, 0) is 36.4 Å². The summed E-state index contributed by atoms with van der Waals surface area (Å²) < 4.78 is 122. The molecule has 21 heteroatoms. The second kappa shape index (κ2) is 14.5. The van der Waals surface area contributed by atoms with Crippen LogP contribution in [-0.2, 0) is 50.4 Å². The van der Waals surface area contributed by atoms with Crippen LogP contribution in [0.5, 0.6) is 0 Å². The largest absolute Gasteiger partial charge is 2.00 e. The van der Waals surface area contributed by atoms with Crippen LogP contribution >= 0.6 is 0 Å². The number of pyridine rings is 2. The van der Waals surface area contributed by atoms with E-state index in [2.05, 4.69) is 10.2 Å². The molecular formula is C20H16F6FeN6O6S2. The molecule has 0 N–H and O–H groups in total. The summed E-state index contributed by atoms with van der Waals surface area (Å²) in [5.41, 5.74) is -7.66. The molecule has 0 saturated heterocycles. The molecule has 4 aromatic rings. The smallest absolute Gasteiger partial charge is 0.741 e. The molecule has 0 aliphatic heterocycles. The Labute approximate surface area is 239 Å². The Bertz CT molecular complexity index is 1460. The predicted molar refractivity (Wildman–Crippen MR) is 122 cm³/mol. The topological polar surface area (TPSA) is 176 Å². The zero-order chi connectivity index (χ0) is 30.2. The number of halogens is 6. The van der Waals surface area contributed by atoms with Gasteiger partial charge in [0.2, 0.25) is 0 Å². The van der Waals surface area contributed by atoms with Gasteiger partial charge in [0.15, 0.2) is 20.2 Å². The van der Waals surface area contributed by atoms with Gasteiger partial charge in [-0.1, -0.05) is 12.1 Å². The fraction of sp³-hybridized carbons (Fsp3) is 0.200. The number of rotatable bonds is 5. The van der Waals surface area contributed by atoms with Gasteiger partial charge in [-0.15, -0.1) is 0 Å². The van der Waals surface area contributed by atoms with Crippen molar-refractivity contribution in [3.63, 3.8) is 0 Å². The third-order valence-electron chi connectivity index (χ3n) is 4.21. The van der Waals surface area contributed by atoms with Gasteiger partial charge in [0.05, 0.1) is 35.9 Å². The van der Waals surface area contributed by atoms with Crippen LogP contribution in [0.15, 0.2) is 73.3 Å². The van der Waals surface area contributed by atoms with E-state index >= 15 is 0 Å². The van der Waals surface area contributed by atoms with Gasteiger partial charge < -0.3 is 9.11 Å². The van der Waals surface area contributed by atoms with Crippen LogP contribution in [0.25, 0.3) is 11.4 Å².